The van der Waals surface area contributed by atoms with E-state index in [2.05, 4.69) is 46.1 Å². The number of anilines is 1. The largest absolute Gasteiger partial charge is 0.343 e. The molecule has 3 atom stereocenters. The second-order valence-electron chi connectivity index (χ2n) is 11.8. The first kappa shape index (κ1) is 26.9. The highest BCUT2D eigenvalue weighted by Crippen LogP contribution is 2.37. The van der Waals surface area contributed by atoms with Crippen LogP contribution in [0.5, 0.6) is 0 Å². The standard InChI is InChI=1S/C31H44N4O3/c1-21-13-14-27-26(17-21)28(35-16-8-12-30(35)37)20-33(27)19-24-11-7-15-34(24)31(38)25(18-29(36)22(2)32-3)23-9-5-4-6-10-23/h13-14,17,20,22-25,32H,4-12,15-16,18-19H2,1-3H3. The van der Waals surface area contributed by atoms with Crippen LogP contribution in [0, 0.1) is 18.8 Å². The molecule has 3 fully saturated rings. The fourth-order valence-corrected chi connectivity index (χ4v) is 6.96. The number of amides is 2. The van der Waals surface area contributed by atoms with Crippen molar-refractivity contribution < 1.29 is 14.4 Å². The number of nitrogens with one attached hydrogen (secondary N) is 1. The Balaban J connectivity index is 1.40. The first-order chi connectivity index (χ1) is 18.4. The zero-order chi connectivity index (χ0) is 26.8. The van der Waals surface area contributed by atoms with E-state index in [1.165, 1.54) is 12.0 Å². The van der Waals surface area contributed by atoms with Crippen molar-refractivity contribution in [2.45, 2.75) is 96.7 Å². The zero-order valence-electron chi connectivity index (χ0n) is 23.4. The number of Topliss-reactive ketones (excluding diaryl/α,β-unsaturated/α-hetero) is 1. The molecule has 7 nitrogen and oxygen atoms in total. The third-order valence-electron chi connectivity index (χ3n) is 9.32. The van der Waals surface area contributed by atoms with Crippen molar-refractivity contribution in [3.8, 4) is 0 Å². The summed E-state index contributed by atoms with van der Waals surface area (Å²) in [5.41, 5.74) is 3.29. The van der Waals surface area contributed by atoms with Crippen LogP contribution in [0.1, 0.15) is 76.7 Å². The Morgan fingerprint density at radius 3 is 2.55 bits per heavy atom. The summed E-state index contributed by atoms with van der Waals surface area (Å²) in [6, 6.07) is 6.32. The average Bonchev–Trinajstić information content (AvgIpc) is 3.65. The molecule has 0 radical (unpaired) electrons. The highest BCUT2D eigenvalue weighted by molar-refractivity contribution is 6.04. The molecule has 1 saturated carbocycles. The van der Waals surface area contributed by atoms with Crippen molar-refractivity contribution >= 4 is 34.2 Å². The number of likely N-dealkylation sites (N-methyl/N-ethyl adjacent to an activating group) is 1. The number of carbonyl (C=O) groups is 3. The maximum Gasteiger partial charge on any atom is 0.227 e. The molecule has 2 aromatic rings. The minimum atomic E-state index is -0.232. The second kappa shape index (κ2) is 11.6. The van der Waals surface area contributed by atoms with Gasteiger partial charge in [-0.1, -0.05) is 30.9 Å². The van der Waals surface area contributed by atoms with Gasteiger partial charge in [-0.2, -0.15) is 0 Å². The van der Waals surface area contributed by atoms with Gasteiger partial charge in [0, 0.05) is 56.0 Å². The number of benzene rings is 1. The molecule has 3 aliphatic rings. The van der Waals surface area contributed by atoms with Crippen LogP contribution < -0.4 is 10.2 Å². The van der Waals surface area contributed by atoms with Gasteiger partial charge in [-0.25, -0.2) is 0 Å². The van der Waals surface area contributed by atoms with Gasteiger partial charge in [-0.3, -0.25) is 14.4 Å². The summed E-state index contributed by atoms with van der Waals surface area (Å²) in [7, 11) is 1.81. The van der Waals surface area contributed by atoms with Crippen molar-refractivity contribution in [1.82, 2.24) is 14.8 Å². The smallest absolute Gasteiger partial charge is 0.227 e. The number of rotatable bonds is 9. The van der Waals surface area contributed by atoms with E-state index in [1.54, 1.807) is 0 Å². The molecule has 0 bridgehead atoms. The molecule has 2 amide bonds. The van der Waals surface area contributed by atoms with Gasteiger partial charge in [0.25, 0.3) is 0 Å². The Morgan fingerprint density at radius 2 is 1.84 bits per heavy atom. The Labute approximate surface area is 226 Å². The Hall–Kier alpha value is -2.67. The van der Waals surface area contributed by atoms with Gasteiger partial charge in [0.15, 0.2) is 0 Å². The minimum Gasteiger partial charge on any atom is -0.343 e. The van der Waals surface area contributed by atoms with Crippen LogP contribution in [0.15, 0.2) is 24.4 Å². The predicted octanol–water partition coefficient (Wildman–Crippen LogP) is 4.83. The molecular weight excluding hydrogens is 476 g/mol. The lowest BCUT2D eigenvalue weighted by molar-refractivity contribution is -0.141. The van der Waals surface area contributed by atoms with Crippen molar-refractivity contribution in [3.05, 3.63) is 30.0 Å². The number of nitrogens with zero attached hydrogens (tertiary/aromatic N) is 3. The molecule has 1 aromatic heterocycles. The molecule has 5 rings (SSSR count). The Kier molecular flexibility index (Phi) is 8.22. The fourth-order valence-electron chi connectivity index (χ4n) is 6.96. The first-order valence-corrected chi connectivity index (χ1v) is 14.8. The number of hydrogen-bond acceptors (Lipinski definition) is 4. The average molecular weight is 521 g/mol. The normalized spacial score (nSPS) is 22.4. The molecule has 206 valence electrons. The van der Waals surface area contributed by atoms with E-state index in [9.17, 15) is 14.4 Å². The number of ketones is 1. The number of aromatic nitrogens is 1. The quantitative estimate of drug-likeness (QED) is 0.514. The summed E-state index contributed by atoms with van der Waals surface area (Å²) in [6.07, 6.45) is 11.6. The molecule has 3 heterocycles. The van der Waals surface area contributed by atoms with Gasteiger partial charge in [0.2, 0.25) is 11.8 Å². The lowest BCUT2D eigenvalue weighted by atomic mass is 9.76. The summed E-state index contributed by atoms with van der Waals surface area (Å²) < 4.78 is 2.26. The van der Waals surface area contributed by atoms with Gasteiger partial charge < -0.3 is 19.7 Å². The molecule has 2 saturated heterocycles. The van der Waals surface area contributed by atoms with Crippen LogP contribution >= 0.6 is 0 Å². The van der Waals surface area contributed by atoms with E-state index in [0.717, 1.165) is 74.6 Å². The zero-order valence-corrected chi connectivity index (χ0v) is 23.4. The van der Waals surface area contributed by atoms with Crippen LogP contribution in [0.3, 0.4) is 0 Å². The number of likely N-dealkylation sites (tertiary alicyclic amines) is 1. The summed E-state index contributed by atoms with van der Waals surface area (Å²) >= 11 is 0. The molecule has 1 aliphatic carbocycles. The Morgan fingerprint density at radius 1 is 1.05 bits per heavy atom. The predicted molar refractivity (Wildman–Crippen MR) is 151 cm³/mol. The topological polar surface area (TPSA) is 74.7 Å². The van der Waals surface area contributed by atoms with Crippen molar-refractivity contribution in [1.29, 1.82) is 0 Å². The van der Waals surface area contributed by atoms with Crippen LogP contribution in [0.2, 0.25) is 0 Å². The molecule has 1 aromatic carbocycles. The molecule has 2 aliphatic heterocycles. The van der Waals surface area contributed by atoms with Gasteiger partial charge in [-0.15, -0.1) is 0 Å². The van der Waals surface area contributed by atoms with E-state index in [0.29, 0.717) is 25.3 Å². The third-order valence-corrected chi connectivity index (χ3v) is 9.32. The molecule has 1 N–H and O–H groups in total. The lowest BCUT2D eigenvalue weighted by Gasteiger charge is -2.35. The Bertz CT molecular complexity index is 1180. The third kappa shape index (κ3) is 5.40. The molecule has 0 spiro atoms. The monoisotopic (exact) mass is 520 g/mol. The summed E-state index contributed by atoms with van der Waals surface area (Å²) in [4.78, 5) is 43.8. The SMILES string of the molecule is CNC(C)C(=O)CC(C(=O)N1CCCC1Cn1cc(N2CCCC2=O)c2cc(C)ccc21)C1CCCCC1. The number of carbonyl (C=O) groups excluding carboxylic acids is 3. The highest BCUT2D eigenvalue weighted by Gasteiger charge is 2.39. The van der Waals surface area contributed by atoms with Crippen molar-refractivity contribution in [2.24, 2.45) is 11.8 Å². The van der Waals surface area contributed by atoms with Crippen LogP contribution in [-0.4, -0.2) is 59.3 Å². The van der Waals surface area contributed by atoms with Gasteiger partial charge in [-0.05, 0) is 71.0 Å². The summed E-state index contributed by atoms with van der Waals surface area (Å²) in [5, 5.41) is 4.18. The maximum atomic E-state index is 14.1. The van der Waals surface area contributed by atoms with E-state index >= 15 is 0 Å². The molecule has 3 unspecified atom stereocenters. The molecule has 38 heavy (non-hydrogen) atoms. The highest BCUT2D eigenvalue weighted by atomic mass is 16.2. The van der Waals surface area contributed by atoms with Gasteiger partial charge >= 0.3 is 0 Å². The van der Waals surface area contributed by atoms with Gasteiger partial charge in [0.05, 0.1) is 17.2 Å². The van der Waals surface area contributed by atoms with Crippen LogP contribution in [-0.2, 0) is 20.9 Å². The van der Waals surface area contributed by atoms with E-state index < -0.39 is 0 Å². The fraction of sp³-hybridized carbons (Fsp3) is 0.645. The minimum absolute atomic E-state index is 0.101. The lowest BCUT2D eigenvalue weighted by Crippen LogP contribution is -2.45. The van der Waals surface area contributed by atoms with E-state index in [-0.39, 0.29) is 35.6 Å². The summed E-state index contributed by atoms with van der Waals surface area (Å²) in [6.45, 7) is 6.22. The number of fused-ring (bicyclic) bond motifs is 1. The van der Waals surface area contributed by atoms with Crippen LogP contribution in [0.4, 0.5) is 5.69 Å². The number of hydrogen-bond donors (Lipinski definition) is 1. The number of aryl methyl sites for hydroxylation is 1. The summed E-state index contributed by atoms with van der Waals surface area (Å²) in [5.74, 6) is 0.589. The maximum absolute atomic E-state index is 14.1. The van der Waals surface area contributed by atoms with Gasteiger partial charge in [0.1, 0.15) is 5.78 Å². The van der Waals surface area contributed by atoms with Crippen LogP contribution in [0.25, 0.3) is 10.9 Å². The first-order valence-electron chi connectivity index (χ1n) is 14.8. The van der Waals surface area contributed by atoms with Crippen molar-refractivity contribution in [3.63, 3.8) is 0 Å². The van der Waals surface area contributed by atoms with E-state index in [1.807, 2.05) is 18.9 Å². The van der Waals surface area contributed by atoms with E-state index in [4.69, 9.17) is 0 Å². The molecular formula is C31H44N4O3. The molecule has 7 heteroatoms. The van der Waals surface area contributed by atoms with Crippen molar-refractivity contribution in [2.75, 3.05) is 25.0 Å². The second-order valence-corrected chi connectivity index (χ2v) is 11.8.